The smallest absolute Gasteiger partial charge is 0.308 e. The van der Waals surface area contributed by atoms with Crippen molar-refractivity contribution in [1.29, 1.82) is 0 Å². The Morgan fingerprint density at radius 2 is 2.23 bits per heavy atom. The van der Waals surface area contributed by atoms with Gasteiger partial charge in [0.2, 0.25) is 5.65 Å². The number of rotatable bonds is 7. The number of anilines is 1. The number of carbonyl (C=O) groups is 1. The lowest BCUT2D eigenvalue weighted by atomic mass is 10.2. The monoisotopic (exact) mass is 356 g/mol. The third-order valence-electron chi connectivity index (χ3n) is 3.42. The van der Waals surface area contributed by atoms with Gasteiger partial charge < -0.3 is 21.2 Å². The van der Waals surface area contributed by atoms with Crippen molar-refractivity contribution in [3.8, 4) is 5.75 Å². The predicted octanol–water partition coefficient (Wildman–Crippen LogP) is 0.649. The lowest BCUT2D eigenvalue weighted by Gasteiger charge is -2.09. The van der Waals surface area contributed by atoms with Crippen molar-refractivity contribution in [1.82, 2.24) is 25.1 Å². The van der Waals surface area contributed by atoms with Crippen LogP contribution in [0.15, 0.2) is 30.6 Å². The zero-order chi connectivity index (χ0) is 18.5. The van der Waals surface area contributed by atoms with Gasteiger partial charge in [-0.1, -0.05) is 12.1 Å². The third-order valence-corrected chi connectivity index (χ3v) is 3.42. The van der Waals surface area contributed by atoms with E-state index in [0.717, 1.165) is 5.56 Å². The largest absolute Gasteiger partial charge is 0.427 e. The van der Waals surface area contributed by atoms with Crippen LogP contribution in [0.3, 0.4) is 0 Å². The molecule has 0 saturated heterocycles. The number of hydrogen-bond donors (Lipinski definition) is 3. The Bertz CT molecular complexity index is 908. The maximum Gasteiger partial charge on any atom is 0.308 e. The summed E-state index contributed by atoms with van der Waals surface area (Å²) in [4.78, 5) is 21.0. The van der Waals surface area contributed by atoms with Gasteiger partial charge in [0.05, 0.1) is 0 Å². The number of nitrogens with two attached hydrogens (primary N) is 1. The Morgan fingerprint density at radius 3 is 3.00 bits per heavy atom. The first-order valence-electron chi connectivity index (χ1n) is 8.10. The maximum absolute atomic E-state index is 11.1. The standard InChI is InChI=1S/C16H20N8O2/c1-10(17)7-21-24-16-14(22-23-24)15(19-9-20-16)18-8-12-4-3-5-13(6-12)26-11(2)25/h3-6,9-10,21H,7-8,17H2,1-2H3,(H,18,19,20). The molecule has 136 valence electrons. The van der Waals surface area contributed by atoms with Crippen LogP contribution in [0.1, 0.15) is 19.4 Å². The number of fused-ring (bicyclic) bond motifs is 1. The molecule has 0 saturated carbocycles. The van der Waals surface area contributed by atoms with Crippen LogP contribution in [-0.2, 0) is 11.3 Å². The zero-order valence-corrected chi connectivity index (χ0v) is 14.5. The Hall–Kier alpha value is -3.27. The minimum absolute atomic E-state index is 0.0295. The van der Waals surface area contributed by atoms with E-state index >= 15 is 0 Å². The second-order valence-electron chi connectivity index (χ2n) is 5.83. The van der Waals surface area contributed by atoms with Crippen molar-refractivity contribution >= 4 is 23.0 Å². The number of carbonyl (C=O) groups excluding carboxylic acids is 1. The van der Waals surface area contributed by atoms with E-state index in [2.05, 4.69) is 31.0 Å². The minimum atomic E-state index is -0.358. The van der Waals surface area contributed by atoms with E-state index in [0.29, 0.717) is 35.8 Å². The van der Waals surface area contributed by atoms with Crippen molar-refractivity contribution in [2.45, 2.75) is 26.4 Å². The molecule has 26 heavy (non-hydrogen) atoms. The first-order valence-corrected chi connectivity index (χ1v) is 8.10. The Morgan fingerprint density at radius 1 is 1.38 bits per heavy atom. The molecule has 0 radical (unpaired) electrons. The van der Waals surface area contributed by atoms with Crippen LogP contribution in [0.25, 0.3) is 11.2 Å². The van der Waals surface area contributed by atoms with Gasteiger partial charge in [0.1, 0.15) is 12.1 Å². The van der Waals surface area contributed by atoms with Gasteiger partial charge >= 0.3 is 5.97 Å². The average molecular weight is 356 g/mol. The number of nitrogens with zero attached hydrogens (tertiary/aromatic N) is 5. The molecule has 1 unspecified atom stereocenters. The highest BCUT2D eigenvalue weighted by atomic mass is 16.5. The van der Waals surface area contributed by atoms with Crippen LogP contribution in [0.2, 0.25) is 0 Å². The summed E-state index contributed by atoms with van der Waals surface area (Å²) >= 11 is 0. The molecule has 10 nitrogen and oxygen atoms in total. The fraction of sp³-hybridized carbons (Fsp3) is 0.312. The van der Waals surface area contributed by atoms with E-state index in [1.54, 1.807) is 12.1 Å². The van der Waals surface area contributed by atoms with E-state index in [-0.39, 0.29) is 12.0 Å². The van der Waals surface area contributed by atoms with Crippen molar-refractivity contribution < 1.29 is 9.53 Å². The van der Waals surface area contributed by atoms with Crippen LogP contribution in [-0.4, -0.2) is 43.6 Å². The van der Waals surface area contributed by atoms with Gasteiger partial charge in [-0.2, -0.15) is 0 Å². The second kappa shape index (κ2) is 7.74. The van der Waals surface area contributed by atoms with Gasteiger partial charge in [-0.15, -0.1) is 9.89 Å². The molecule has 10 heteroatoms. The molecule has 2 heterocycles. The Kier molecular flexibility index (Phi) is 5.23. The van der Waals surface area contributed by atoms with Gasteiger partial charge in [0.15, 0.2) is 11.3 Å². The van der Waals surface area contributed by atoms with Crippen molar-refractivity contribution in [2.75, 3.05) is 17.3 Å². The van der Waals surface area contributed by atoms with E-state index in [1.807, 2.05) is 19.1 Å². The summed E-state index contributed by atoms with van der Waals surface area (Å²) in [5.41, 5.74) is 10.8. The molecule has 0 fully saturated rings. The van der Waals surface area contributed by atoms with Crippen molar-refractivity contribution in [3.63, 3.8) is 0 Å². The molecule has 3 aromatic rings. The topological polar surface area (TPSA) is 133 Å². The number of aromatic nitrogens is 5. The summed E-state index contributed by atoms with van der Waals surface area (Å²) in [6.45, 7) is 4.26. The van der Waals surface area contributed by atoms with Crippen molar-refractivity contribution in [2.24, 2.45) is 5.73 Å². The molecule has 0 spiro atoms. The highest BCUT2D eigenvalue weighted by Crippen LogP contribution is 2.18. The van der Waals surface area contributed by atoms with Crippen LogP contribution < -0.4 is 21.2 Å². The average Bonchev–Trinajstić information content (AvgIpc) is 3.01. The van der Waals surface area contributed by atoms with E-state index in [1.165, 1.54) is 18.0 Å². The number of ether oxygens (including phenoxy) is 1. The summed E-state index contributed by atoms with van der Waals surface area (Å²) in [6.07, 6.45) is 1.44. The van der Waals surface area contributed by atoms with Gasteiger partial charge in [0.25, 0.3) is 0 Å². The summed E-state index contributed by atoms with van der Waals surface area (Å²) < 4.78 is 5.09. The number of esters is 1. The lowest BCUT2D eigenvalue weighted by molar-refractivity contribution is -0.131. The molecule has 0 aliphatic rings. The predicted molar refractivity (Wildman–Crippen MR) is 96.1 cm³/mol. The molecule has 0 aliphatic carbocycles. The fourth-order valence-electron chi connectivity index (χ4n) is 2.29. The highest BCUT2D eigenvalue weighted by Gasteiger charge is 2.12. The van der Waals surface area contributed by atoms with Crippen molar-refractivity contribution in [3.05, 3.63) is 36.2 Å². The molecular weight excluding hydrogens is 336 g/mol. The normalized spacial score (nSPS) is 12.0. The van der Waals surface area contributed by atoms with Gasteiger partial charge in [-0.3, -0.25) is 4.79 Å². The highest BCUT2D eigenvalue weighted by molar-refractivity contribution is 5.81. The van der Waals surface area contributed by atoms with Crippen LogP contribution in [0.5, 0.6) is 5.75 Å². The molecule has 4 N–H and O–H groups in total. The number of nitrogens with one attached hydrogen (secondary N) is 2. The molecule has 0 aliphatic heterocycles. The third kappa shape index (κ3) is 4.22. The molecule has 2 aromatic heterocycles. The first-order chi connectivity index (χ1) is 12.5. The van der Waals surface area contributed by atoms with Crippen LogP contribution >= 0.6 is 0 Å². The maximum atomic E-state index is 11.1. The van der Waals surface area contributed by atoms with E-state index in [9.17, 15) is 4.79 Å². The molecule has 3 rings (SSSR count). The van der Waals surface area contributed by atoms with Gasteiger partial charge in [-0.05, 0) is 29.8 Å². The SMILES string of the molecule is CC(=O)Oc1cccc(CNc2ncnc3c2nnn3NCC(C)N)c1. The molecule has 0 amide bonds. The summed E-state index contributed by atoms with van der Waals surface area (Å²) in [5.74, 6) is 0.695. The number of benzene rings is 1. The minimum Gasteiger partial charge on any atom is -0.427 e. The first kappa shape index (κ1) is 17.5. The fourth-order valence-corrected chi connectivity index (χ4v) is 2.29. The number of hydrogen-bond acceptors (Lipinski definition) is 9. The summed E-state index contributed by atoms with van der Waals surface area (Å²) in [7, 11) is 0. The second-order valence-corrected chi connectivity index (χ2v) is 5.83. The van der Waals surface area contributed by atoms with Crippen LogP contribution in [0, 0.1) is 0 Å². The quantitative estimate of drug-likeness (QED) is 0.412. The molecular formula is C16H20N8O2. The molecule has 1 atom stereocenters. The molecule has 0 bridgehead atoms. The molecule has 1 aromatic carbocycles. The Balaban J connectivity index is 1.74. The van der Waals surface area contributed by atoms with Gasteiger partial charge in [0, 0.05) is 26.1 Å². The zero-order valence-electron chi connectivity index (χ0n) is 14.5. The summed E-state index contributed by atoms with van der Waals surface area (Å²) in [6, 6.07) is 7.22. The lowest BCUT2D eigenvalue weighted by Crippen LogP contribution is -2.30. The van der Waals surface area contributed by atoms with E-state index in [4.69, 9.17) is 10.5 Å². The Labute approximate surface area is 149 Å². The summed E-state index contributed by atoms with van der Waals surface area (Å²) in [5, 5.41) is 11.4. The van der Waals surface area contributed by atoms with Gasteiger partial charge in [-0.25, -0.2) is 9.97 Å². The van der Waals surface area contributed by atoms with Crippen LogP contribution in [0.4, 0.5) is 5.82 Å². The van der Waals surface area contributed by atoms with E-state index < -0.39 is 0 Å².